The van der Waals surface area contributed by atoms with E-state index in [1.54, 1.807) is 11.0 Å². The minimum absolute atomic E-state index is 0.0296. The van der Waals surface area contributed by atoms with Gasteiger partial charge in [-0.05, 0) is 31.0 Å². The summed E-state index contributed by atoms with van der Waals surface area (Å²) in [6.07, 6.45) is 1.39. The lowest BCUT2D eigenvalue weighted by Crippen LogP contribution is -2.47. The first-order chi connectivity index (χ1) is 9.51. The molecule has 2 atom stereocenters. The average Bonchev–Trinajstić information content (AvgIpc) is 2.42. The monoisotopic (exact) mass is 280 g/mol. The van der Waals surface area contributed by atoms with Crippen LogP contribution >= 0.6 is 0 Å². The van der Waals surface area contributed by atoms with Crippen molar-refractivity contribution in [2.24, 2.45) is 0 Å². The molecular weight excluding hydrogens is 259 g/mol. The highest BCUT2D eigenvalue weighted by Gasteiger charge is 2.24. The molecule has 1 fully saturated rings. The topological polar surface area (TPSA) is 41.6 Å². The van der Waals surface area contributed by atoms with Gasteiger partial charge < -0.3 is 15.0 Å². The number of hydrogen-bond donors (Lipinski definition) is 1. The van der Waals surface area contributed by atoms with Crippen LogP contribution in [0.2, 0.25) is 0 Å². The minimum Gasteiger partial charge on any atom is -0.494 e. The summed E-state index contributed by atoms with van der Waals surface area (Å²) in [6.45, 7) is 2.69. The number of amides is 1. The summed E-state index contributed by atoms with van der Waals surface area (Å²) >= 11 is 0. The maximum absolute atomic E-state index is 13.7. The van der Waals surface area contributed by atoms with Crippen molar-refractivity contribution in [1.82, 2.24) is 10.2 Å². The Morgan fingerprint density at radius 1 is 1.50 bits per heavy atom. The molecule has 1 aromatic carbocycles. The number of carbonyl (C=O) groups excluding carboxylic acids is 1. The molecule has 1 heterocycles. The summed E-state index contributed by atoms with van der Waals surface area (Å²) in [5.74, 6) is 0.0877. The molecule has 4 nitrogen and oxygen atoms in total. The third-order valence-corrected chi connectivity index (χ3v) is 3.79. The largest absolute Gasteiger partial charge is 0.494 e. The van der Waals surface area contributed by atoms with E-state index >= 15 is 0 Å². The van der Waals surface area contributed by atoms with Gasteiger partial charge in [-0.15, -0.1) is 0 Å². The molecule has 1 aliphatic heterocycles. The van der Waals surface area contributed by atoms with E-state index in [1.807, 2.05) is 20.0 Å². The molecule has 1 saturated heterocycles. The van der Waals surface area contributed by atoms with Crippen LogP contribution in [0.4, 0.5) is 4.39 Å². The Balaban J connectivity index is 1.99. The zero-order valence-corrected chi connectivity index (χ0v) is 12.1. The molecule has 0 bridgehead atoms. The first-order valence-corrected chi connectivity index (χ1v) is 6.84. The molecule has 0 aliphatic carbocycles. The fourth-order valence-electron chi connectivity index (χ4n) is 2.55. The minimum atomic E-state index is -0.352. The quantitative estimate of drug-likeness (QED) is 0.918. The van der Waals surface area contributed by atoms with Gasteiger partial charge in [0.25, 0.3) is 0 Å². The van der Waals surface area contributed by atoms with Gasteiger partial charge in [0, 0.05) is 32.1 Å². The van der Waals surface area contributed by atoms with Gasteiger partial charge in [0.2, 0.25) is 5.91 Å². The molecular formula is C15H21FN2O2. The highest BCUT2D eigenvalue weighted by Crippen LogP contribution is 2.23. The second-order valence-electron chi connectivity index (χ2n) is 5.29. The maximum Gasteiger partial charge on any atom is 0.222 e. The van der Waals surface area contributed by atoms with Crippen LogP contribution in [0.1, 0.15) is 31.4 Å². The summed E-state index contributed by atoms with van der Waals surface area (Å²) < 4.78 is 18.6. The third-order valence-electron chi connectivity index (χ3n) is 3.79. The molecule has 2 rings (SSSR count). The van der Waals surface area contributed by atoms with Crippen LogP contribution in [-0.2, 0) is 4.79 Å². The van der Waals surface area contributed by atoms with Gasteiger partial charge in [-0.1, -0.05) is 6.07 Å². The Kier molecular flexibility index (Phi) is 4.60. The third kappa shape index (κ3) is 3.28. The van der Waals surface area contributed by atoms with E-state index in [1.165, 1.54) is 13.2 Å². The molecule has 0 saturated carbocycles. The van der Waals surface area contributed by atoms with Crippen LogP contribution < -0.4 is 10.1 Å². The molecule has 0 spiro atoms. The van der Waals surface area contributed by atoms with Crippen molar-refractivity contribution in [3.8, 4) is 5.75 Å². The van der Waals surface area contributed by atoms with Gasteiger partial charge in [-0.3, -0.25) is 4.79 Å². The number of halogens is 1. The first kappa shape index (κ1) is 14.8. The highest BCUT2D eigenvalue weighted by molar-refractivity contribution is 5.76. The number of carbonyl (C=O) groups is 1. The molecule has 110 valence electrons. The molecule has 2 unspecified atom stereocenters. The number of nitrogens with one attached hydrogen (secondary N) is 1. The molecule has 5 heteroatoms. The lowest BCUT2D eigenvalue weighted by molar-refractivity contribution is -0.132. The Morgan fingerprint density at radius 3 is 2.85 bits per heavy atom. The Hall–Kier alpha value is -1.62. The molecule has 1 N–H and O–H groups in total. The molecule has 1 aliphatic rings. The van der Waals surface area contributed by atoms with Gasteiger partial charge in [0.15, 0.2) is 11.6 Å². The van der Waals surface area contributed by atoms with E-state index < -0.39 is 0 Å². The van der Waals surface area contributed by atoms with Crippen molar-refractivity contribution in [2.45, 2.75) is 31.8 Å². The predicted molar refractivity (Wildman–Crippen MR) is 75.2 cm³/mol. The van der Waals surface area contributed by atoms with Crippen molar-refractivity contribution in [2.75, 3.05) is 20.7 Å². The normalized spacial score (nSPS) is 20.9. The van der Waals surface area contributed by atoms with Crippen LogP contribution in [0, 0.1) is 5.82 Å². The van der Waals surface area contributed by atoms with Gasteiger partial charge in [-0.25, -0.2) is 4.39 Å². The number of methoxy groups -OCH3 is 1. The smallest absolute Gasteiger partial charge is 0.222 e. The fourth-order valence-corrected chi connectivity index (χ4v) is 2.55. The Labute approximate surface area is 118 Å². The SMILES string of the molecule is COc1ccc(C(C)NC2CCC(=O)N(C)C2)cc1F. The number of benzene rings is 1. The summed E-state index contributed by atoms with van der Waals surface area (Å²) in [5, 5.41) is 3.45. The van der Waals surface area contributed by atoms with Crippen LogP contribution in [0.3, 0.4) is 0 Å². The van der Waals surface area contributed by atoms with E-state index in [0.717, 1.165) is 12.0 Å². The zero-order valence-electron chi connectivity index (χ0n) is 12.1. The van der Waals surface area contributed by atoms with Gasteiger partial charge in [-0.2, -0.15) is 0 Å². The first-order valence-electron chi connectivity index (χ1n) is 6.84. The van der Waals surface area contributed by atoms with Gasteiger partial charge >= 0.3 is 0 Å². The van der Waals surface area contributed by atoms with Crippen LogP contribution in [0.5, 0.6) is 5.75 Å². The number of hydrogen-bond acceptors (Lipinski definition) is 3. The molecule has 0 radical (unpaired) electrons. The summed E-state index contributed by atoms with van der Waals surface area (Å²) in [5.41, 5.74) is 0.878. The number of likely N-dealkylation sites (N-methyl/N-ethyl adjacent to an activating group) is 1. The number of ether oxygens (including phenoxy) is 1. The molecule has 20 heavy (non-hydrogen) atoms. The van der Waals surface area contributed by atoms with E-state index in [0.29, 0.717) is 13.0 Å². The van der Waals surface area contributed by atoms with Crippen molar-refractivity contribution < 1.29 is 13.9 Å². The summed E-state index contributed by atoms with van der Waals surface area (Å²) in [7, 11) is 3.27. The van der Waals surface area contributed by atoms with Crippen molar-refractivity contribution in [3.63, 3.8) is 0 Å². The standard InChI is InChI=1S/C15H21FN2O2/c1-10(11-4-6-14(20-3)13(16)8-11)17-12-5-7-15(19)18(2)9-12/h4,6,8,10,12,17H,5,7,9H2,1-3H3. The Bertz CT molecular complexity index is 493. The number of likely N-dealkylation sites (tertiary alicyclic amines) is 1. The van der Waals surface area contributed by atoms with E-state index in [4.69, 9.17) is 4.74 Å². The number of nitrogens with zero attached hydrogens (tertiary/aromatic N) is 1. The second-order valence-corrected chi connectivity index (χ2v) is 5.29. The molecule has 0 aromatic heterocycles. The summed E-state index contributed by atoms with van der Waals surface area (Å²) in [6, 6.07) is 5.27. The van der Waals surface area contributed by atoms with E-state index in [2.05, 4.69) is 5.32 Å². The van der Waals surface area contributed by atoms with E-state index in [-0.39, 0.29) is 29.6 Å². The predicted octanol–water partition coefficient (Wildman–Crippen LogP) is 2.11. The van der Waals surface area contributed by atoms with Crippen LogP contribution in [-0.4, -0.2) is 37.6 Å². The maximum atomic E-state index is 13.7. The van der Waals surface area contributed by atoms with Gasteiger partial charge in [0.05, 0.1) is 7.11 Å². The highest BCUT2D eigenvalue weighted by atomic mass is 19.1. The van der Waals surface area contributed by atoms with Crippen LogP contribution in [0.25, 0.3) is 0 Å². The fraction of sp³-hybridized carbons (Fsp3) is 0.533. The average molecular weight is 280 g/mol. The number of piperidine rings is 1. The van der Waals surface area contributed by atoms with Crippen LogP contribution in [0.15, 0.2) is 18.2 Å². The lowest BCUT2D eigenvalue weighted by Gasteiger charge is -2.32. The van der Waals surface area contributed by atoms with E-state index in [9.17, 15) is 9.18 Å². The molecule has 1 aromatic rings. The number of rotatable bonds is 4. The Morgan fingerprint density at radius 2 is 2.25 bits per heavy atom. The van der Waals surface area contributed by atoms with Crippen molar-refractivity contribution in [3.05, 3.63) is 29.6 Å². The van der Waals surface area contributed by atoms with Crippen molar-refractivity contribution in [1.29, 1.82) is 0 Å². The lowest BCUT2D eigenvalue weighted by atomic mass is 10.0. The zero-order chi connectivity index (χ0) is 14.7. The molecule has 1 amide bonds. The summed E-state index contributed by atoms with van der Waals surface area (Å²) in [4.78, 5) is 13.2. The second kappa shape index (κ2) is 6.22. The van der Waals surface area contributed by atoms with Gasteiger partial charge in [0.1, 0.15) is 0 Å². The van der Waals surface area contributed by atoms with Crippen molar-refractivity contribution >= 4 is 5.91 Å².